The Morgan fingerprint density at radius 1 is 1.47 bits per heavy atom. The maximum Gasteiger partial charge on any atom is 0.221 e. The number of nitrogen functional groups attached to an aromatic ring is 1. The van der Waals surface area contributed by atoms with Crippen LogP contribution in [0.2, 0.25) is 0 Å². The van der Waals surface area contributed by atoms with Gasteiger partial charge in [0.2, 0.25) is 5.91 Å². The average Bonchev–Trinajstić information content (AvgIpc) is 2.66. The lowest BCUT2D eigenvalue weighted by molar-refractivity contribution is -0.121. The zero-order valence-corrected chi connectivity index (χ0v) is 12.3. The minimum Gasteiger partial charge on any atom is -0.394 e. The van der Waals surface area contributed by atoms with Crippen molar-refractivity contribution < 1.29 is 4.79 Å². The van der Waals surface area contributed by atoms with E-state index in [0.717, 1.165) is 24.5 Å². The normalized spacial score (nSPS) is 12.2. The number of anilines is 2. The Balaban J connectivity index is 2.47. The van der Waals surface area contributed by atoms with Gasteiger partial charge in [-0.05, 0) is 27.2 Å². The van der Waals surface area contributed by atoms with Gasteiger partial charge in [-0.1, -0.05) is 6.92 Å². The van der Waals surface area contributed by atoms with Crippen molar-refractivity contribution in [3.8, 4) is 0 Å². The summed E-state index contributed by atoms with van der Waals surface area (Å²) in [5.41, 5.74) is 7.42. The van der Waals surface area contributed by atoms with Gasteiger partial charge in [-0.25, -0.2) is 4.68 Å². The van der Waals surface area contributed by atoms with E-state index in [4.69, 9.17) is 5.73 Å². The van der Waals surface area contributed by atoms with Gasteiger partial charge in [0.1, 0.15) is 5.82 Å². The zero-order chi connectivity index (χ0) is 14.4. The first-order valence-electron chi connectivity index (χ1n) is 6.85. The topological polar surface area (TPSA) is 85.0 Å². The Bertz CT molecular complexity index is 427. The van der Waals surface area contributed by atoms with Crippen LogP contribution in [0.15, 0.2) is 0 Å². The molecule has 0 fully saturated rings. The molecule has 0 aromatic carbocycles. The van der Waals surface area contributed by atoms with E-state index in [-0.39, 0.29) is 11.9 Å². The Morgan fingerprint density at radius 2 is 2.16 bits per heavy atom. The third kappa shape index (κ3) is 4.15. The Labute approximate surface area is 114 Å². The van der Waals surface area contributed by atoms with Crippen molar-refractivity contribution in [1.29, 1.82) is 0 Å². The average molecular weight is 267 g/mol. The number of nitrogens with zero attached hydrogens (tertiary/aromatic N) is 2. The standard InChI is InChI=1S/C13H25N5O/c1-5-9(3)16-11(19)7-8-15-13-12(14)10(4)17-18(13)6-2/h9,15H,5-8,14H2,1-4H3,(H,16,19). The molecule has 0 saturated heterocycles. The van der Waals surface area contributed by atoms with Crippen LogP contribution in [-0.4, -0.2) is 28.3 Å². The highest BCUT2D eigenvalue weighted by Crippen LogP contribution is 2.21. The number of aryl methyl sites for hydroxylation is 2. The number of aromatic nitrogens is 2. The summed E-state index contributed by atoms with van der Waals surface area (Å²) in [5, 5.41) is 10.4. The molecule has 0 radical (unpaired) electrons. The summed E-state index contributed by atoms with van der Waals surface area (Å²) in [6.45, 7) is 9.23. The van der Waals surface area contributed by atoms with Crippen LogP contribution in [0.3, 0.4) is 0 Å². The molecule has 0 aliphatic rings. The Morgan fingerprint density at radius 3 is 2.74 bits per heavy atom. The molecule has 1 heterocycles. The SMILES string of the molecule is CCC(C)NC(=O)CCNc1c(N)c(C)nn1CC. The van der Waals surface area contributed by atoms with Crippen LogP contribution in [0.1, 0.15) is 39.3 Å². The monoisotopic (exact) mass is 267 g/mol. The van der Waals surface area contributed by atoms with Crippen LogP contribution >= 0.6 is 0 Å². The van der Waals surface area contributed by atoms with Gasteiger partial charge in [-0.15, -0.1) is 0 Å². The number of nitrogens with one attached hydrogen (secondary N) is 2. The van der Waals surface area contributed by atoms with Crippen molar-refractivity contribution in [2.24, 2.45) is 0 Å². The number of amides is 1. The fourth-order valence-corrected chi connectivity index (χ4v) is 1.75. The molecule has 1 amide bonds. The van der Waals surface area contributed by atoms with Gasteiger partial charge in [0.15, 0.2) is 0 Å². The van der Waals surface area contributed by atoms with E-state index in [2.05, 4.69) is 15.7 Å². The molecule has 0 spiro atoms. The number of carbonyl (C=O) groups excluding carboxylic acids is 1. The van der Waals surface area contributed by atoms with E-state index in [1.165, 1.54) is 0 Å². The lowest BCUT2D eigenvalue weighted by Gasteiger charge is -2.12. The lowest BCUT2D eigenvalue weighted by atomic mass is 10.2. The van der Waals surface area contributed by atoms with Gasteiger partial charge in [-0.2, -0.15) is 5.10 Å². The summed E-state index contributed by atoms with van der Waals surface area (Å²) in [4.78, 5) is 11.6. The molecule has 0 aliphatic heterocycles. The number of hydrogen-bond acceptors (Lipinski definition) is 4. The fourth-order valence-electron chi connectivity index (χ4n) is 1.75. The molecule has 0 saturated carbocycles. The van der Waals surface area contributed by atoms with E-state index in [9.17, 15) is 4.79 Å². The molecule has 0 aliphatic carbocycles. The van der Waals surface area contributed by atoms with Crippen molar-refractivity contribution >= 4 is 17.4 Å². The van der Waals surface area contributed by atoms with E-state index < -0.39 is 0 Å². The predicted octanol–water partition coefficient (Wildman–Crippen LogP) is 1.51. The molecule has 0 bridgehead atoms. The van der Waals surface area contributed by atoms with Crippen molar-refractivity contribution in [2.45, 2.75) is 53.1 Å². The first-order valence-corrected chi connectivity index (χ1v) is 6.85. The molecule has 6 heteroatoms. The molecule has 1 aromatic rings. The first kappa shape index (κ1) is 15.3. The highest BCUT2D eigenvalue weighted by Gasteiger charge is 2.11. The second-order valence-electron chi connectivity index (χ2n) is 4.72. The number of hydrogen-bond donors (Lipinski definition) is 3. The second kappa shape index (κ2) is 7.01. The van der Waals surface area contributed by atoms with Crippen molar-refractivity contribution in [3.63, 3.8) is 0 Å². The third-order valence-corrected chi connectivity index (χ3v) is 3.14. The molecule has 1 unspecified atom stereocenters. The largest absolute Gasteiger partial charge is 0.394 e. The second-order valence-corrected chi connectivity index (χ2v) is 4.72. The first-order chi connectivity index (χ1) is 8.99. The summed E-state index contributed by atoms with van der Waals surface area (Å²) in [7, 11) is 0. The van der Waals surface area contributed by atoms with Gasteiger partial charge in [0.05, 0.1) is 11.4 Å². The van der Waals surface area contributed by atoms with Crippen molar-refractivity contribution in [3.05, 3.63) is 5.69 Å². The van der Waals surface area contributed by atoms with E-state index in [1.807, 2.05) is 32.4 Å². The lowest BCUT2D eigenvalue weighted by Crippen LogP contribution is -2.33. The number of nitrogens with two attached hydrogens (primary N) is 1. The number of carbonyl (C=O) groups is 1. The van der Waals surface area contributed by atoms with Crippen molar-refractivity contribution in [1.82, 2.24) is 15.1 Å². The number of rotatable bonds is 7. The molecular formula is C13H25N5O. The van der Waals surface area contributed by atoms with Crippen molar-refractivity contribution in [2.75, 3.05) is 17.6 Å². The zero-order valence-electron chi connectivity index (χ0n) is 12.3. The smallest absolute Gasteiger partial charge is 0.221 e. The summed E-state index contributed by atoms with van der Waals surface area (Å²) in [6.07, 6.45) is 1.37. The maximum absolute atomic E-state index is 11.6. The molecule has 1 atom stereocenters. The highest BCUT2D eigenvalue weighted by atomic mass is 16.1. The minimum atomic E-state index is 0.0553. The van der Waals surface area contributed by atoms with Gasteiger partial charge in [0, 0.05) is 25.6 Å². The quantitative estimate of drug-likeness (QED) is 0.699. The molecule has 1 rings (SSSR count). The molecule has 4 N–H and O–H groups in total. The van der Waals surface area contributed by atoms with Crippen LogP contribution in [0.5, 0.6) is 0 Å². The van der Waals surface area contributed by atoms with Crippen LogP contribution in [0, 0.1) is 6.92 Å². The molecule has 1 aromatic heterocycles. The molecule has 6 nitrogen and oxygen atoms in total. The highest BCUT2D eigenvalue weighted by molar-refractivity contribution is 5.77. The van der Waals surface area contributed by atoms with Gasteiger partial charge in [0.25, 0.3) is 0 Å². The summed E-state index contributed by atoms with van der Waals surface area (Å²) in [5.74, 6) is 0.857. The molecule has 19 heavy (non-hydrogen) atoms. The van der Waals surface area contributed by atoms with Crippen LogP contribution in [0.25, 0.3) is 0 Å². The van der Waals surface area contributed by atoms with E-state index in [0.29, 0.717) is 18.7 Å². The minimum absolute atomic E-state index is 0.0553. The van der Waals surface area contributed by atoms with Gasteiger partial charge >= 0.3 is 0 Å². The van der Waals surface area contributed by atoms with Crippen LogP contribution in [0.4, 0.5) is 11.5 Å². The van der Waals surface area contributed by atoms with Crippen LogP contribution < -0.4 is 16.4 Å². The maximum atomic E-state index is 11.6. The summed E-state index contributed by atoms with van der Waals surface area (Å²) < 4.78 is 1.82. The van der Waals surface area contributed by atoms with E-state index in [1.54, 1.807) is 0 Å². The third-order valence-electron chi connectivity index (χ3n) is 3.14. The summed E-state index contributed by atoms with van der Waals surface area (Å²) >= 11 is 0. The van der Waals surface area contributed by atoms with Crippen LogP contribution in [-0.2, 0) is 11.3 Å². The Kier molecular flexibility index (Phi) is 5.66. The van der Waals surface area contributed by atoms with E-state index >= 15 is 0 Å². The molecule has 108 valence electrons. The molecular weight excluding hydrogens is 242 g/mol. The predicted molar refractivity (Wildman–Crippen MR) is 78.1 cm³/mol. The Hall–Kier alpha value is -1.72. The van der Waals surface area contributed by atoms with Gasteiger partial charge in [-0.3, -0.25) is 4.79 Å². The fraction of sp³-hybridized carbons (Fsp3) is 0.692. The van der Waals surface area contributed by atoms with Gasteiger partial charge < -0.3 is 16.4 Å². The summed E-state index contributed by atoms with van der Waals surface area (Å²) in [6, 6.07) is 0.223.